The highest BCUT2D eigenvalue weighted by molar-refractivity contribution is 5.79. The molecule has 1 rings (SSSR count). The van der Waals surface area contributed by atoms with Crippen LogP contribution in [0.4, 0.5) is 4.79 Å². The zero-order chi connectivity index (χ0) is 12.2. The van der Waals surface area contributed by atoms with Crippen LogP contribution < -0.4 is 5.73 Å². The SMILES string of the molecule is CC(C)(CCC1CCC(=O)CC1)OC(N)=O. The van der Waals surface area contributed by atoms with E-state index in [1.54, 1.807) is 0 Å². The van der Waals surface area contributed by atoms with Crippen LogP contribution in [0, 0.1) is 5.92 Å². The van der Waals surface area contributed by atoms with Crippen molar-refractivity contribution in [3.63, 3.8) is 0 Å². The molecular weight excluding hydrogens is 206 g/mol. The van der Waals surface area contributed by atoms with Crippen molar-refractivity contribution in [3.8, 4) is 0 Å². The topological polar surface area (TPSA) is 69.4 Å². The van der Waals surface area contributed by atoms with E-state index in [9.17, 15) is 9.59 Å². The number of primary amides is 1. The minimum Gasteiger partial charge on any atom is -0.444 e. The van der Waals surface area contributed by atoms with Gasteiger partial charge in [-0.25, -0.2) is 4.79 Å². The van der Waals surface area contributed by atoms with E-state index in [2.05, 4.69) is 0 Å². The maximum atomic E-state index is 11.1. The lowest BCUT2D eigenvalue weighted by molar-refractivity contribution is -0.121. The average molecular weight is 227 g/mol. The summed E-state index contributed by atoms with van der Waals surface area (Å²) >= 11 is 0. The molecule has 0 aromatic heterocycles. The Morgan fingerprint density at radius 2 is 2.00 bits per heavy atom. The quantitative estimate of drug-likeness (QED) is 0.801. The predicted octanol–water partition coefficient (Wildman–Crippen LogP) is 2.40. The van der Waals surface area contributed by atoms with Crippen LogP contribution >= 0.6 is 0 Å². The molecule has 1 amide bonds. The molecule has 92 valence electrons. The third-order valence-electron chi connectivity index (χ3n) is 3.19. The molecule has 0 aliphatic heterocycles. The predicted molar refractivity (Wildman–Crippen MR) is 60.9 cm³/mol. The summed E-state index contributed by atoms with van der Waals surface area (Å²) in [6, 6.07) is 0. The van der Waals surface area contributed by atoms with Gasteiger partial charge in [-0.1, -0.05) is 0 Å². The molecule has 0 unspecified atom stereocenters. The second-order valence-corrected chi connectivity index (χ2v) is 5.20. The molecule has 2 N–H and O–H groups in total. The van der Waals surface area contributed by atoms with Gasteiger partial charge >= 0.3 is 6.09 Å². The lowest BCUT2D eigenvalue weighted by Gasteiger charge is -2.27. The van der Waals surface area contributed by atoms with Crippen LogP contribution in [0.1, 0.15) is 52.4 Å². The summed E-state index contributed by atoms with van der Waals surface area (Å²) in [7, 11) is 0. The van der Waals surface area contributed by atoms with E-state index >= 15 is 0 Å². The second kappa shape index (κ2) is 5.32. The van der Waals surface area contributed by atoms with E-state index in [0.29, 0.717) is 24.5 Å². The van der Waals surface area contributed by atoms with Crippen molar-refractivity contribution in [1.82, 2.24) is 0 Å². The summed E-state index contributed by atoms with van der Waals surface area (Å²) in [4.78, 5) is 21.7. The van der Waals surface area contributed by atoms with E-state index in [1.807, 2.05) is 13.8 Å². The number of carbonyl (C=O) groups excluding carboxylic acids is 2. The van der Waals surface area contributed by atoms with Gasteiger partial charge in [-0.3, -0.25) is 4.79 Å². The molecule has 0 bridgehead atoms. The first-order valence-corrected chi connectivity index (χ1v) is 5.89. The Morgan fingerprint density at radius 1 is 1.44 bits per heavy atom. The first-order valence-electron chi connectivity index (χ1n) is 5.89. The number of hydrogen-bond donors (Lipinski definition) is 1. The van der Waals surface area contributed by atoms with Crippen molar-refractivity contribution < 1.29 is 14.3 Å². The van der Waals surface area contributed by atoms with Crippen LogP contribution in [-0.4, -0.2) is 17.5 Å². The Bertz CT molecular complexity index is 263. The van der Waals surface area contributed by atoms with Crippen LogP contribution in [0.3, 0.4) is 0 Å². The number of nitrogens with two attached hydrogens (primary N) is 1. The van der Waals surface area contributed by atoms with Gasteiger partial charge in [0.05, 0.1) is 0 Å². The van der Waals surface area contributed by atoms with Gasteiger partial charge in [0.2, 0.25) is 0 Å². The fourth-order valence-corrected chi connectivity index (χ4v) is 2.16. The number of amides is 1. The molecule has 16 heavy (non-hydrogen) atoms. The molecule has 0 aromatic rings. The molecule has 1 aliphatic rings. The number of rotatable bonds is 4. The molecule has 0 radical (unpaired) electrons. The smallest absolute Gasteiger partial charge is 0.405 e. The van der Waals surface area contributed by atoms with E-state index in [1.165, 1.54) is 0 Å². The maximum absolute atomic E-state index is 11.1. The largest absolute Gasteiger partial charge is 0.444 e. The van der Waals surface area contributed by atoms with Crippen molar-refractivity contribution in [2.45, 2.75) is 58.0 Å². The zero-order valence-electron chi connectivity index (χ0n) is 10.1. The summed E-state index contributed by atoms with van der Waals surface area (Å²) in [5, 5.41) is 0. The normalized spacial score (nSPS) is 18.5. The molecule has 1 fully saturated rings. The van der Waals surface area contributed by atoms with E-state index < -0.39 is 11.7 Å². The third-order valence-corrected chi connectivity index (χ3v) is 3.19. The van der Waals surface area contributed by atoms with Crippen LogP contribution in [0.25, 0.3) is 0 Å². The molecule has 1 saturated carbocycles. The second-order valence-electron chi connectivity index (χ2n) is 5.20. The van der Waals surface area contributed by atoms with E-state index in [-0.39, 0.29) is 0 Å². The summed E-state index contributed by atoms with van der Waals surface area (Å²) < 4.78 is 5.02. The van der Waals surface area contributed by atoms with Gasteiger partial charge in [0.15, 0.2) is 0 Å². The number of carbonyl (C=O) groups is 2. The minimum absolute atomic E-state index is 0.379. The molecule has 1 aliphatic carbocycles. The molecule has 0 aromatic carbocycles. The highest BCUT2D eigenvalue weighted by atomic mass is 16.6. The zero-order valence-corrected chi connectivity index (χ0v) is 10.1. The number of ketones is 1. The lowest BCUT2D eigenvalue weighted by Crippen LogP contribution is -2.31. The fraction of sp³-hybridized carbons (Fsp3) is 0.833. The first-order chi connectivity index (χ1) is 7.39. The highest BCUT2D eigenvalue weighted by Crippen LogP contribution is 2.29. The van der Waals surface area contributed by atoms with Crippen LogP contribution in [0.2, 0.25) is 0 Å². The summed E-state index contributed by atoms with van der Waals surface area (Å²) in [6.45, 7) is 3.73. The maximum Gasteiger partial charge on any atom is 0.405 e. The van der Waals surface area contributed by atoms with Crippen molar-refractivity contribution in [1.29, 1.82) is 0 Å². The van der Waals surface area contributed by atoms with Gasteiger partial charge in [-0.05, 0) is 45.4 Å². The van der Waals surface area contributed by atoms with Gasteiger partial charge in [0, 0.05) is 12.8 Å². The Kier molecular flexibility index (Phi) is 4.33. The molecule has 4 heteroatoms. The van der Waals surface area contributed by atoms with Crippen LogP contribution in [0.5, 0.6) is 0 Å². The molecule has 0 atom stereocenters. The van der Waals surface area contributed by atoms with Crippen LogP contribution in [-0.2, 0) is 9.53 Å². The Labute approximate surface area is 96.5 Å². The average Bonchev–Trinajstić information content (AvgIpc) is 2.15. The van der Waals surface area contributed by atoms with Crippen molar-refractivity contribution in [3.05, 3.63) is 0 Å². The fourth-order valence-electron chi connectivity index (χ4n) is 2.16. The minimum atomic E-state index is -0.719. The molecule has 0 spiro atoms. The van der Waals surface area contributed by atoms with Crippen LogP contribution in [0.15, 0.2) is 0 Å². The number of hydrogen-bond acceptors (Lipinski definition) is 3. The first kappa shape index (κ1) is 13.0. The summed E-state index contributed by atoms with van der Waals surface area (Å²) in [5.41, 5.74) is 4.51. The van der Waals surface area contributed by atoms with Gasteiger partial charge < -0.3 is 10.5 Å². The Hall–Kier alpha value is -1.06. The van der Waals surface area contributed by atoms with E-state index in [4.69, 9.17) is 10.5 Å². The van der Waals surface area contributed by atoms with Crippen molar-refractivity contribution >= 4 is 11.9 Å². The van der Waals surface area contributed by atoms with Crippen molar-refractivity contribution in [2.24, 2.45) is 11.7 Å². The third kappa shape index (κ3) is 4.64. The number of Topliss-reactive ketones (excluding diaryl/α,β-unsaturated/α-hetero) is 1. The molecule has 0 saturated heterocycles. The molecule has 0 heterocycles. The van der Waals surface area contributed by atoms with Crippen molar-refractivity contribution in [2.75, 3.05) is 0 Å². The summed E-state index contributed by atoms with van der Waals surface area (Å²) in [5.74, 6) is 0.970. The summed E-state index contributed by atoms with van der Waals surface area (Å²) in [6.07, 6.45) is 4.45. The highest BCUT2D eigenvalue weighted by Gasteiger charge is 2.25. The molecule has 4 nitrogen and oxygen atoms in total. The number of ether oxygens (including phenoxy) is 1. The van der Waals surface area contributed by atoms with Gasteiger partial charge in [-0.2, -0.15) is 0 Å². The van der Waals surface area contributed by atoms with Gasteiger partial charge in [0.25, 0.3) is 0 Å². The van der Waals surface area contributed by atoms with Gasteiger partial charge in [0.1, 0.15) is 11.4 Å². The Morgan fingerprint density at radius 3 is 2.50 bits per heavy atom. The van der Waals surface area contributed by atoms with Gasteiger partial charge in [-0.15, -0.1) is 0 Å². The standard InChI is InChI=1S/C12H21NO3/c1-12(2,16-11(13)15)8-7-9-3-5-10(14)6-4-9/h9H,3-8H2,1-2H3,(H2,13,15). The van der Waals surface area contributed by atoms with E-state index in [0.717, 1.165) is 25.7 Å². The lowest BCUT2D eigenvalue weighted by atomic mass is 9.83. The molecular formula is C12H21NO3. The monoisotopic (exact) mass is 227 g/mol. The Balaban J connectivity index is 2.28.